The number of aliphatic hydroxyl groups is 1. The lowest BCUT2D eigenvalue weighted by Crippen LogP contribution is -2.65. The Morgan fingerprint density at radius 1 is 0.909 bits per heavy atom. The fraction of sp³-hybridized carbons (Fsp3) is 0.732. The van der Waals surface area contributed by atoms with Gasteiger partial charge >= 0.3 is 5.97 Å². The smallest absolute Gasteiger partial charge is 0.338 e. The molecule has 9 unspecified atom stereocenters. The van der Waals surface area contributed by atoms with Crippen LogP contribution in [-0.2, 0) is 4.74 Å². The number of allylic oxidation sites excluding steroid dienone is 3. The molecular weight excluding hydrogens is 540 g/mol. The second-order valence-corrected chi connectivity index (χ2v) is 18.3. The van der Waals surface area contributed by atoms with Gasteiger partial charge in [0.05, 0.1) is 5.56 Å². The van der Waals surface area contributed by atoms with Crippen molar-refractivity contribution in [3.05, 3.63) is 53.6 Å². The van der Waals surface area contributed by atoms with Gasteiger partial charge in [0.15, 0.2) is 0 Å². The predicted octanol–water partition coefficient (Wildman–Crippen LogP) is 10.3. The van der Waals surface area contributed by atoms with E-state index in [9.17, 15) is 9.90 Å². The van der Waals surface area contributed by atoms with E-state index >= 15 is 0 Å². The van der Waals surface area contributed by atoms with Crippen LogP contribution in [0.2, 0.25) is 0 Å². The second kappa shape index (κ2) is 10.3. The minimum absolute atomic E-state index is 0.0502. The molecule has 0 aromatic heterocycles. The van der Waals surface area contributed by atoms with Crippen LogP contribution >= 0.6 is 0 Å². The average molecular weight is 601 g/mol. The first-order chi connectivity index (χ1) is 20.4. The maximum absolute atomic E-state index is 12.7. The number of esters is 1. The number of hydrogen-bond acceptors (Lipinski definition) is 3. The molecule has 0 aliphatic heterocycles. The topological polar surface area (TPSA) is 46.5 Å². The molecule has 4 saturated carbocycles. The van der Waals surface area contributed by atoms with Crippen molar-refractivity contribution in [2.45, 2.75) is 126 Å². The number of ether oxygens (including phenoxy) is 1. The van der Waals surface area contributed by atoms with E-state index in [0.717, 1.165) is 6.42 Å². The molecular formula is C41H60O3. The van der Waals surface area contributed by atoms with Crippen LogP contribution in [-0.4, -0.2) is 23.3 Å². The van der Waals surface area contributed by atoms with E-state index in [1.807, 2.05) is 32.9 Å². The van der Waals surface area contributed by atoms with Gasteiger partial charge in [0.25, 0.3) is 0 Å². The summed E-state index contributed by atoms with van der Waals surface area (Å²) in [4.78, 5) is 12.7. The van der Waals surface area contributed by atoms with Crippen LogP contribution in [0.5, 0.6) is 0 Å². The number of fused-ring (bicyclic) bond motifs is 7. The number of hydrogen-bond donors (Lipinski definition) is 1. The van der Waals surface area contributed by atoms with Crippen molar-refractivity contribution in [1.29, 1.82) is 0 Å². The molecule has 0 heterocycles. The van der Waals surface area contributed by atoms with Crippen molar-refractivity contribution in [3.8, 4) is 0 Å². The van der Waals surface area contributed by atoms with Gasteiger partial charge in [0.2, 0.25) is 0 Å². The van der Waals surface area contributed by atoms with Crippen LogP contribution in [0, 0.1) is 56.7 Å². The number of carbonyl (C=O) groups excluding carboxylic acids is 1. The van der Waals surface area contributed by atoms with Crippen LogP contribution < -0.4 is 0 Å². The summed E-state index contributed by atoms with van der Waals surface area (Å²) in [7, 11) is 0. The lowest BCUT2D eigenvalue weighted by atomic mass is 9.32. The molecule has 44 heavy (non-hydrogen) atoms. The van der Waals surface area contributed by atoms with Gasteiger partial charge in [0.1, 0.15) is 5.60 Å². The third-order valence-electron chi connectivity index (χ3n) is 15.0. The fourth-order valence-electron chi connectivity index (χ4n) is 12.8. The molecule has 9 atom stereocenters. The van der Waals surface area contributed by atoms with Crippen molar-refractivity contribution in [3.63, 3.8) is 0 Å². The van der Waals surface area contributed by atoms with E-state index in [4.69, 9.17) is 4.74 Å². The first-order valence-electron chi connectivity index (χ1n) is 17.7. The third kappa shape index (κ3) is 4.48. The molecule has 0 bridgehead atoms. The van der Waals surface area contributed by atoms with Gasteiger partial charge in [-0.15, -0.1) is 0 Å². The highest BCUT2D eigenvalue weighted by atomic mass is 16.6. The van der Waals surface area contributed by atoms with E-state index in [0.29, 0.717) is 52.6 Å². The summed E-state index contributed by atoms with van der Waals surface area (Å²) >= 11 is 0. The van der Waals surface area contributed by atoms with Gasteiger partial charge in [-0.1, -0.05) is 65.0 Å². The summed E-state index contributed by atoms with van der Waals surface area (Å²) in [5, 5.41) is 10.8. The molecule has 0 saturated heterocycles. The maximum atomic E-state index is 12.7. The highest BCUT2D eigenvalue weighted by Gasteiger charge is 2.70. The van der Waals surface area contributed by atoms with Crippen LogP contribution in [0.15, 0.2) is 42.5 Å². The van der Waals surface area contributed by atoms with Crippen molar-refractivity contribution < 1.29 is 14.6 Å². The summed E-state index contributed by atoms with van der Waals surface area (Å²) in [6, 6.07) is 8.18. The van der Waals surface area contributed by atoms with Crippen molar-refractivity contribution in [2.75, 3.05) is 6.61 Å². The summed E-state index contributed by atoms with van der Waals surface area (Å²) in [6.45, 7) is 25.8. The third-order valence-corrected chi connectivity index (χ3v) is 15.0. The maximum Gasteiger partial charge on any atom is 0.338 e. The van der Waals surface area contributed by atoms with Crippen molar-refractivity contribution in [2.24, 2.45) is 56.7 Å². The lowest BCUT2D eigenvalue weighted by Gasteiger charge is -2.72. The SMILES string of the molecule is C=C(C)C1CCC2(CO)CCC3(C)C(CCC4C5(C)CC=C(c6ccc(C(=O)OC(C)(C)C)cc6)C(C)(C)C5CCC43C)C12. The van der Waals surface area contributed by atoms with Crippen LogP contribution in [0.4, 0.5) is 0 Å². The lowest BCUT2D eigenvalue weighted by molar-refractivity contribution is -0.228. The second-order valence-electron chi connectivity index (χ2n) is 18.3. The molecule has 0 spiro atoms. The zero-order chi connectivity index (χ0) is 32.1. The zero-order valence-corrected chi connectivity index (χ0v) is 29.3. The molecule has 1 aromatic carbocycles. The zero-order valence-electron chi connectivity index (χ0n) is 29.3. The van der Waals surface area contributed by atoms with Gasteiger partial charge in [-0.05, 0) is 165 Å². The normalized spacial score (nSPS) is 42.7. The molecule has 5 aliphatic rings. The molecule has 6 rings (SSSR count). The Bertz CT molecular complexity index is 1340. The van der Waals surface area contributed by atoms with Gasteiger partial charge in [-0.2, -0.15) is 0 Å². The standard InChI is InChI=1S/C41H60O3/c1-26(2)29-17-22-41(25-42)24-23-39(9)31(34(29)41)15-16-33-38(8)20-18-30(37(6,7)32(38)19-21-40(33,39)10)27-11-13-28(14-12-27)35(43)44-36(3,4)5/h11-14,18,29,31-34,42H,1,15-17,19-25H2,2-10H3. The van der Waals surface area contributed by atoms with Gasteiger partial charge in [0, 0.05) is 6.61 Å². The Morgan fingerprint density at radius 2 is 1.59 bits per heavy atom. The molecule has 1 aromatic rings. The summed E-state index contributed by atoms with van der Waals surface area (Å²) in [5.41, 5.74) is 5.20. The Kier molecular flexibility index (Phi) is 7.52. The number of benzene rings is 1. The Balaban J connectivity index is 1.31. The van der Waals surface area contributed by atoms with Crippen molar-refractivity contribution >= 4 is 11.5 Å². The summed E-state index contributed by atoms with van der Waals surface area (Å²) < 4.78 is 5.62. The molecule has 0 amide bonds. The van der Waals surface area contributed by atoms with E-state index in [-0.39, 0.29) is 22.2 Å². The quantitative estimate of drug-likeness (QED) is 0.276. The summed E-state index contributed by atoms with van der Waals surface area (Å²) in [6.07, 6.45) is 13.7. The van der Waals surface area contributed by atoms with E-state index in [1.54, 1.807) is 0 Å². The first-order valence-corrected chi connectivity index (χ1v) is 17.7. The van der Waals surface area contributed by atoms with E-state index < -0.39 is 5.60 Å². The average Bonchev–Trinajstić information content (AvgIpc) is 3.33. The predicted molar refractivity (Wildman–Crippen MR) is 181 cm³/mol. The van der Waals surface area contributed by atoms with Crippen LogP contribution in [0.25, 0.3) is 5.57 Å². The van der Waals surface area contributed by atoms with Crippen LogP contribution in [0.1, 0.15) is 136 Å². The summed E-state index contributed by atoms with van der Waals surface area (Å²) in [5.74, 6) is 2.90. The van der Waals surface area contributed by atoms with Gasteiger partial charge in [-0.3, -0.25) is 0 Å². The Hall–Kier alpha value is -1.87. The Labute approximate surface area is 268 Å². The monoisotopic (exact) mass is 600 g/mol. The highest BCUT2D eigenvalue weighted by molar-refractivity contribution is 5.90. The number of rotatable bonds is 4. The first kappa shape index (κ1) is 32.1. The fourth-order valence-corrected chi connectivity index (χ4v) is 12.8. The Morgan fingerprint density at radius 3 is 2.20 bits per heavy atom. The molecule has 4 fully saturated rings. The molecule has 3 nitrogen and oxygen atoms in total. The molecule has 3 heteroatoms. The van der Waals surface area contributed by atoms with Gasteiger partial charge < -0.3 is 9.84 Å². The highest BCUT2D eigenvalue weighted by Crippen LogP contribution is 2.77. The number of carbonyl (C=O) groups is 1. The molecule has 242 valence electrons. The van der Waals surface area contributed by atoms with E-state index in [2.05, 4.69) is 66.3 Å². The van der Waals surface area contributed by atoms with Gasteiger partial charge in [-0.25, -0.2) is 4.79 Å². The van der Waals surface area contributed by atoms with Crippen molar-refractivity contribution in [1.82, 2.24) is 0 Å². The number of aliphatic hydroxyl groups excluding tert-OH is 1. The minimum Gasteiger partial charge on any atom is -0.456 e. The van der Waals surface area contributed by atoms with Crippen LogP contribution in [0.3, 0.4) is 0 Å². The molecule has 1 N–H and O–H groups in total. The molecule has 5 aliphatic carbocycles. The minimum atomic E-state index is -0.497. The molecule has 0 radical (unpaired) electrons. The largest absolute Gasteiger partial charge is 0.456 e. The van der Waals surface area contributed by atoms with E-state index in [1.165, 1.54) is 68.1 Å².